The van der Waals surface area contributed by atoms with Crippen LogP contribution in [-0.2, 0) is 11.8 Å². The lowest BCUT2D eigenvalue weighted by Gasteiger charge is -2.19. The standard InChI is InChI=1S/C17H20N4O2/c1-21-9-11(6-19-21)13-7-18-8-14(13)17(22)20-15-10-23-16-5-3-2-4-12(15)16/h2-6,9,13-15,18H,7-8,10H2,1H3,(H,20,22)/t13-,14+,15?/m1/s1. The van der Waals surface area contributed by atoms with Crippen molar-refractivity contribution in [3.05, 3.63) is 47.8 Å². The summed E-state index contributed by atoms with van der Waals surface area (Å²) < 4.78 is 7.43. The number of nitrogens with one attached hydrogen (secondary N) is 2. The van der Waals surface area contributed by atoms with E-state index in [1.807, 2.05) is 43.7 Å². The second-order valence-electron chi connectivity index (χ2n) is 6.23. The molecule has 1 fully saturated rings. The molecule has 1 unspecified atom stereocenters. The maximum atomic E-state index is 12.8. The fraction of sp³-hybridized carbons (Fsp3) is 0.412. The number of rotatable bonds is 3. The highest BCUT2D eigenvalue weighted by Gasteiger charge is 2.36. The molecule has 2 aromatic rings. The first-order valence-corrected chi connectivity index (χ1v) is 7.94. The Bertz CT molecular complexity index is 727. The highest BCUT2D eigenvalue weighted by atomic mass is 16.5. The number of hydrogen-bond acceptors (Lipinski definition) is 4. The van der Waals surface area contributed by atoms with Crippen LogP contribution in [0.1, 0.15) is 23.1 Å². The average Bonchev–Trinajstić information content (AvgIpc) is 3.26. The Morgan fingerprint density at radius 2 is 2.26 bits per heavy atom. The third-order valence-corrected chi connectivity index (χ3v) is 4.72. The van der Waals surface area contributed by atoms with Crippen molar-refractivity contribution in [1.29, 1.82) is 0 Å². The van der Waals surface area contributed by atoms with Crippen LogP contribution < -0.4 is 15.4 Å². The summed E-state index contributed by atoms with van der Waals surface area (Å²) >= 11 is 0. The van der Waals surface area contributed by atoms with E-state index in [9.17, 15) is 4.79 Å². The van der Waals surface area contributed by atoms with Crippen LogP contribution in [0.2, 0.25) is 0 Å². The van der Waals surface area contributed by atoms with Crippen molar-refractivity contribution >= 4 is 5.91 Å². The Balaban J connectivity index is 1.49. The molecule has 23 heavy (non-hydrogen) atoms. The minimum Gasteiger partial charge on any atom is -0.491 e. The maximum absolute atomic E-state index is 12.8. The van der Waals surface area contributed by atoms with Gasteiger partial charge in [-0.15, -0.1) is 0 Å². The van der Waals surface area contributed by atoms with E-state index in [-0.39, 0.29) is 23.8 Å². The molecule has 2 aliphatic heterocycles. The third kappa shape index (κ3) is 2.59. The molecule has 0 aliphatic carbocycles. The summed E-state index contributed by atoms with van der Waals surface area (Å²) in [4.78, 5) is 12.8. The fourth-order valence-electron chi connectivity index (χ4n) is 3.50. The largest absolute Gasteiger partial charge is 0.491 e. The summed E-state index contributed by atoms with van der Waals surface area (Å²) in [7, 11) is 1.90. The Morgan fingerprint density at radius 1 is 1.39 bits per heavy atom. The summed E-state index contributed by atoms with van der Waals surface area (Å²) in [5.41, 5.74) is 2.17. The van der Waals surface area contributed by atoms with Gasteiger partial charge in [0.2, 0.25) is 5.91 Å². The SMILES string of the molecule is Cn1cc([C@H]2CNC[C@@H]2C(=O)NC2COc3ccccc32)cn1. The van der Waals surface area contributed by atoms with Gasteiger partial charge in [-0.05, 0) is 11.6 Å². The second-order valence-corrected chi connectivity index (χ2v) is 6.23. The molecule has 120 valence electrons. The molecular formula is C17H20N4O2. The van der Waals surface area contributed by atoms with Gasteiger partial charge < -0.3 is 15.4 Å². The Hall–Kier alpha value is -2.34. The molecule has 0 spiro atoms. The summed E-state index contributed by atoms with van der Waals surface area (Å²) in [6, 6.07) is 7.81. The molecule has 0 saturated carbocycles. The first-order chi connectivity index (χ1) is 11.2. The van der Waals surface area contributed by atoms with E-state index in [0.717, 1.165) is 23.4 Å². The van der Waals surface area contributed by atoms with Crippen LogP contribution in [0.3, 0.4) is 0 Å². The molecule has 1 saturated heterocycles. The summed E-state index contributed by atoms with van der Waals surface area (Å²) in [5.74, 6) is 1.04. The van der Waals surface area contributed by atoms with Gasteiger partial charge in [-0.1, -0.05) is 18.2 Å². The van der Waals surface area contributed by atoms with Gasteiger partial charge in [-0.3, -0.25) is 9.48 Å². The number of hydrogen-bond donors (Lipinski definition) is 2. The van der Waals surface area contributed by atoms with Crippen molar-refractivity contribution in [3.63, 3.8) is 0 Å². The molecule has 6 nitrogen and oxygen atoms in total. The van der Waals surface area contributed by atoms with E-state index in [0.29, 0.717) is 13.2 Å². The summed E-state index contributed by atoms with van der Waals surface area (Å²) in [6.45, 7) is 2.00. The van der Waals surface area contributed by atoms with E-state index in [1.165, 1.54) is 0 Å². The van der Waals surface area contributed by atoms with Gasteiger partial charge in [0.25, 0.3) is 0 Å². The van der Waals surface area contributed by atoms with Crippen molar-refractivity contribution < 1.29 is 9.53 Å². The van der Waals surface area contributed by atoms with Crippen LogP contribution in [0, 0.1) is 5.92 Å². The third-order valence-electron chi connectivity index (χ3n) is 4.72. The number of fused-ring (bicyclic) bond motifs is 1. The van der Waals surface area contributed by atoms with Gasteiger partial charge in [0.1, 0.15) is 12.4 Å². The molecule has 0 bridgehead atoms. The number of carbonyl (C=O) groups excluding carboxylic acids is 1. The van der Waals surface area contributed by atoms with Gasteiger partial charge >= 0.3 is 0 Å². The van der Waals surface area contributed by atoms with Gasteiger partial charge in [0.15, 0.2) is 0 Å². The molecule has 3 atom stereocenters. The zero-order valence-electron chi connectivity index (χ0n) is 13.0. The minimum atomic E-state index is -0.0769. The van der Waals surface area contributed by atoms with Crippen LogP contribution in [-0.4, -0.2) is 35.4 Å². The lowest BCUT2D eigenvalue weighted by Crippen LogP contribution is -2.37. The van der Waals surface area contributed by atoms with Crippen molar-refractivity contribution in [1.82, 2.24) is 20.4 Å². The topological polar surface area (TPSA) is 68.2 Å². The molecule has 2 aliphatic rings. The van der Waals surface area contributed by atoms with Crippen molar-refractivity contribution in [2.24, 2.45) is 13.0 Å². The Kier molecular flexibility index (Phi) is 3.53. The summed E-state index contributed by atoms with van der Waals surface area (Å²) in [6.07, 6.45) is 3.85. The van der Waals surface area contributed by atoms with Crippen molar-refractivity contribution in [3.8, 4) is 5.75 Å². The molecule has 0 radical (unpaired) electrons. The van der Waals surface area contributed by atoms with Crippen LogP contribution in [0.25, 0.3) is 0 Å². The normalized spacial score (nSPS) is 25.9. The average molecular weight is 312 g/mol. The Labute approximate surface area is 134 Å². The van der Waals surface area contributed by atoms with Gasteiger partial charge in [0, 0.05) is 37.8 Å². The predicted molar refractivity (Wildman–Crippen MR) is 85.1 cm³/mol. The molecule has 4 rings (SSSR count). The second kappa shape index (κ2) is 5.70. The molecule has 1 amide bonds. The number of aryl methyl sites for hydroxylation is 1. The van der Waals surface area contributed by atoms with Crippen LogP contribution in [0.4, 0.5) is 0 Å². The quantitative estimate of drug-likeness (QED) is 0.886. The van der Waals surface area contributed by atoms with E-state index in [2.05, 4.69) is 15.7 Å². The van der Waals surface area contributed by atoms with E-state index in [1.54, 1.807) is 4.68 Å². The Morgan fingerprint density at radius 3 is 3.09 bits per heavy atom. The van der Waals surface area contributed by atoms with Gasteiger partial charge in [-0.25, -0.2) is 0 Å². The van der Waals surface area contributed by atoms with Crippen molar-refractivity contribution in [2.75, 3.05) is 19.7 Å². The first-order valence-electron chi connectivity index (χ1n) is 7.94. The molecular weight excluding hydrogens is 292 g/mol. The van der Waals surface area contributed by atoms with Gasteiger partial charge in [0.05, 0.1) is 18.2 Å². The number of carbonyl (C=O) groups is 1. The lowest BCUT2D eigenvalue weighted by atomic mass is 9.90. The number of amides is 1. The fourth-order valence-corrected chi connectivity index (χ4v) is 3.50. The van der Waals surface area contributed by atoms with E-state index < -0.39 is 0 Å². The van der Waals surface area contributed by atoms with Crippen LogP contribution in [0.15, 0.2) is 36.7 Å². The predicted octanol–water partition coefficient (Wildman–Crippen LogP) is 0.973. The molecule has 6 heteroatoms. The first kappa shape index (κ1) is 14.3. The zero-order valence-corrected chi connectivity index (χ0v) is 13.0. The number of para-hydroxylation sites is 1. The number of nitrogens with zero attached hydrogens (tertiary/aromatic N) is 2. The maximum Gasteiger partial charge on any atom is 0.225 e. The van der Waals surface area contributed by atoms with E-state index in [4.69, 9.17) is 4.74 Å². The minimum absolute atomic E-state index is 0.0613. The number of aromatic nitrogens is 2. The highest BCUT2D eigenvalue weighted by molar-refractivity contribution is 5.81. The van der Waals surface area contributed by atoms with E-state index >= 15 is 0 Å². The zero-order chi connectivity index (χ0) is 15.8. The van der Waals surface area contributed by atoms with Crippen LogP contribution >= 0.6 is 0 Å². The van der Waals surface area contributed by atoms with Crippen LogP contribution in [0.5, 0.6) is 5.75 Å². The highest BCUT2D eigenvalue weighted by Crippen LogP contribution is 2.33. The smallest absolute Gasteiger partial charge is 0.225 e. The lowest BCUT2D eigenvalue weighted by molar-refractivity contribution is -0.125. The summed E-state index contributed by atoms with van der Waals surface area (Å²) in [5, 5.41) is 10.7. The van der Waals surface area contributed by atoms with Crippen molar-refractivity contribution in [2.45, 2.75) is 12.0 Å². The number of ether oxygens (including phenoxy) is 1. The molecule has 1 aromatic carbocycles. The number of benzene rings is 1. The molecule has 3 heterocycles. The molecule has 2 N–H and O–H groups in total. The molecule has 1 aromatic heterocycles. The monoisotopic (exact) mass is 312 g/mol. The van der Waals surface area contributed by atoms with Gasteiger partial charge in [-0.2, -0.15) is 5.10 Å².